The van der Waals surface area contributed by atoms with Crippen molar-refractivity contribution < 1.29 is 33.8 Å². The highest BCUT2D eigenvalue weighted by Gasteiger charge is 2.58. The van der Waals surface area contributed by atoms with Crippen molar-refractivity contribution in [3.8, 4) is 11.5 Å². The second kappa shape index (κ2) is 12.9. The number of nitrogens with one attached hydrogen (secondary N) is 2. The smallest absolute Gasteiger partial charge is 0.329 e. The SMILES string of the molecule is CC(C)CC(C(=O)NC(CC(=O)O)c1ccc2c(c1)OCO2)N1C(=O)N(Cc2ccccc2)[C@@](C)(c2ccc(C(=N)N)cc2)C1=O. The molecule has 0 saturated carbocycles. The van der Waals surface area contributed by atoms with Gasteiger partial charge in [0.1, 0.15) is 17.4 Å². The van der Waals surface area contributed by atoms with Crippen molar-refractivity contribution in [3.63, 3.8) is 0 Å². The minimum atomic E-state index is -1.50. The monoisotopic (exact) mass is 627 g/mol. The molecule has 1 saturated heterocycles. The van der Waals surface area contributed by atoms with Crippen LogP contribution in [0.1, 0.15) is 61.9 Å². The Labute approximate surface area is 266 Å². The number of fused-ring (bicyclic) bond motifs is 1. The number of aliphatic carboxylic acids is 1. The maximum atomic E-state index is 14.5. The number of hydrogen-bond acceptors (Lipinski definition) is 7. The molecule has 0 radical (unpaired) electrons. The molecule has 2 aliphatic heterocycles. The maximum absolute atomic E-state index is 14.5. The topological polar surface area (TPSA) is 175 Å². The van der Waals surface area contributed by atoms with Gasteiger partial charge in [0.25, 0.3) is 5.91 Å². The van der Waals surface area contributed by atoms with E-state index in [0.717, 1.165) is 10.5 Å². The quantitative estimate of drug-likeness (QED) is 0.132. The zero-order chi connectivity index (χ0) is 33.2. The largest absolute Gasteiger partial charge is 0.481 e. The summed E-state index contributed by atoms with van der Waals surface area (Å²) < 4.78 is 10.8. The first-order chi connectivity index (χ1) is 21.9. The second-order valence-electron chi connectivity index (χ2n) is 12.0. The number of amidine groups is 1. The summed E-state index contributed by atoms with van der Waals surface area (Å²) in [4.78, 5) is 57.3. The fourth-order valence-corrected chi connectivity index (χ4v) is 5.88. The van der Waals surface area contributed by atoms with Gasteiger partial charge in [-0.25, -0.2) is 9.69 Å². The third kappa shape index (κ3) is 6.23. The lowest BCUT2D eigenvalue weighted by Gasteiger charge is -2.32. The average Bonchev–Trinajstić information content (AvgIpc) is 3.57. The van der Waals surface area contributed by atoms with Gasteiger partial charge in [0.15, 0.2) is 11.5 Å². The van der Waals surface area contributed by atoms with E-state index in [9.17, 15) is 24.3 Å². The third-order valence-corrected chi connectivity index (χ3v) is 8.36. The van der Waals surface area contributed by atoms with Crippen LogP contribution in [-0.2, 0) is 26.5 Å². The molecule has 12 nitrogen and oxygen atoms in total. The number of hydrogen-bond donors (Lipinski definition) is 4. The summed E-state index contributed by atoms with van der Waals surface area (Å²) in [5, 5.41) is 20.3. The lowest BCUT2D eigenvalue weighted by atomic mass is 9.88. The van der Waals surface area contributed by atoms with Crippen LogP contribution in [0, 0.1) is 11.3 Å². The molecule has 2 aliphatic rings. The van der Waals surface area contributed by atoms with E-state index < -0.39 is 47.9 Å². The van der Waals surface area contributed by atoms with Gasteiger partial charge in [-0.1, -0.05) is 74.5 Å². The van der Waals surface area contributed by atoms with Gasteiger partial charge >= 0.3 is 12.0 Å². The highest BCUT2D eigenvalue weighted by atomic mass is 16.7. The molecule has 0 aromatic heterocycles. The zero-order valence-electron chi connectivity index (χ0n) is 25.9. The van der Waals surface area contributed by atoms with Crippen LogP contribution < -0.4 is 20.5 Å². The number of carbonyl (C=O) groups excluding carboxylic acids is 3. The van der Waals surface area contributed by atoms with E-state index >= 15 is 0 Å². The summed E-state index contributed by atoms with van der Waals surface area (Å²) >= 11 is 0. The van der Waals surface area contributed by atoms with E-state index in [-0.39, 0.29) is 31.5 Å². The molecule has 5 rings (SSSR count). The summed E-state index contributed by atoms with van der Waals surface area (Å²) in [5.41, 5.74) is 6.36. The number of carboxylic acids is 1. The van der Waals surface area contributed by atoms with Crippen molar-refractivity contribution in [2.75, 3.05) is 6.79 Å². The van der Waals surface area contributed by atoms with Crippen molar-refractivity contribution in [1.82, 2.24) is 15.1 Å². The first-order valence-electron chi connectivity index (χ1n) is 15.0. The fraction of sp³-hybridized carbons (Fsp3) is 0.324. The number of nitrogens with two attached hydrogens (primary N) is 1. The minimum Gasteiger partial charge on any atom is -0.481 e. The summed E-state index contributed by atoms with van der Waals surface area (Å²) in [6.45, 7) is 5.50. The number of imide groups is 1. The highest BCUT2D eigenvalue weighted by molar-refractivity contribution is 6.10. The fourth-order valence-electron chi connectivity index (χ4n) is 5.88. The Hall–Kier alpha value is -5.39. The normalized spacial score (nSPS) is 18.5. The Morgan fingerprint density at radius 2 is 1.70 bits per heavy atom. The lowest BCUT2D eigenvalue weighted by Crippen LogP contribution is -2.52. The molecule has 1 fully saturated rings. The van der Waals surface area contributed by atoms with Crippen LogP contribution >= 0.6 is 0 Å². The van der Waals surface area contributed by atoms with Crippen molar-refractivity contribution >= 4 is 29.7 Å². The van der Waals surface area contributed by atoms with Gasteiger partial charge in [0.05, 0.1) is 12.5 Å². The van der Waals surface area contributed by atoms with E-state index in [1.807, 2.05) is 44.2 Å². The highest BCUT2D eigenvalue weighted by Crippen LogP contribution is 2.41. The number of ether oxygens (including phenoxy) is 2. The molecular formula is C34H37N5O7. The predicted molar refractivity (Wildman–Crippen MR) is 168 cm³/mol. The van der Waals surface area contributed by atoms with Crippen LogP contribution in [0.4, 0.5) is 4.79 Å². The van der Waals surface area contributed by atoms with E-state index in [0.29, 0.717) is 28.2 Å². The number of urea groups is 1. The Morgan fingerprint density at radius 1 is 1.02 bits per heavy atom. The maximum Gasteiger partial charge on any atom is 0.329 e. The predicted octanol–water partition coefficient (Wildman–Crippen LogP) is 4.13. The standard InChI is InChI=1S/C34H37N5O7/c1-20(2)15-26(31(42)37-25(17-29(40)41)23-11-14-27-28(16-23)46-19-45-27)39-32(43)34(3,24-12-9-22(10-13-24)30(35)36)38(33(39)44)18-21-7-5-4-6-8-21/h4-14,16,20,25-26H,15,17-19H2,1-3H3,(H3,35,36)(H,37,42)(H,40,41)/t25?,26?,34-/m0/s1. The Bertz CT molecular complexity index is 1660. The van der Waals surface area contributed by atoms with Gasteiger partial charge in [-0.3, -0.25) is 19.8 Å². The van der Waals surface area contributed by atoms with E-state index in [1.165, 1.54) is 4.90 Å². The zero-order valence-corrected chi connectivity index (χ0v) is 25.9. The molecular weight excluding hydrogens is 590 g/mol. The number of rotatable bonds is 12. The molecule has 46 heavy (non-hydrogen) atoms. The minimum absolute atomic E-state index is 0.0279. The van der Waals surface area contributed by atoms with E-state index in [1.54, 1.807) is 49.4 Å². The number of carbonyl (C=O) groups is 4. The van der Waals surface area contributed by atoms with Gasteiger partial charge in [-0.15, -0.1) is 0 Å². The van der Waals surface area contributed by atoms with Gasteiger partial charge in [0.2, 0.25) is 12.7 Å². The summed E-state index contributed by atoms with van der Waals surface area (Å²) in [5.74, 6) is -1.72. The third-order valence-electron chi connectivity index (χ3n) is 8.36. The molecule has 12 heteroatoms. The number of nitrogen functional groups attached to an aromatic ring is 1. The van der Waals surface area contributed by atoms with Crippen LogP contribution in [0.25, 0.3) is 0 Å². The van der Waals surface area contributed by atoms with Crippen LogP contribution in [0.3, 0.4) is 0 Å². The molecule has 0 spiro atoms. The van der Waals surface area contributed by atoms with Crippen molar-refractivity contribution in [1.29, 1.82) is 5.41 Å². The second-order valence-corrected chi connectivity index (χ2v) is 12.0. The van der Waals surface area contributed by atoms with Crippen LogP contribution in [0.2, 0.25) is 0 Å². The van der Waals surface area contributed by atoms with Gasteiger partial charge in [-0.05, 0) is 48.1 Å². The summed E-state index contributed by atoms with van der Waals surface area (Å²) in [6, 6.07) is 17.8. The number of amides is 4. The number of nitrogens with zero attached hydrogens (tertiary/aromatic N) is 2. The molecule has 3 atom stereocenters. The lowest BCUT2D eigenvalue weighted by molar-refractivity contribution is -0.141. The average molecular weight is 628 g/mol. The molecule has 3 aromatic rings. The van der Waals surface area contributed by atoms with Crippen molar-refractivity contribution in [3.05, 3.63) is 95.1 Å². The van der Waals surface area contributed by atoms with Gasteiger partial charge in [-0.2, -0.15) is 0 Å². The molecule has 4 amide bonds. The van der Waals surface area contributed by atoms with Crippen molar-refractivity contribution in [2.45, 2.75) is 57.8 Å². The van der Waals surface area contributed by atoms with Crippen LogP contribution in [-0.4, -0.2) is 57.4 Å². The first kappa shape index (κ1) is 32.0. The van der Waals surface area contributed by atoms with Crippen LogP contribution in [0.5, 0.6) is 11.5 Å². The Kier molecular flexibility index (Phi) is 8.99. The van der Waals surface area contributed by atoms with E-state index in [4.69, 9.17) is 20.6 Å². The number of carboxylic acid groups (broad SMARTS) is 1. The van der Waals surface area contributed by atoms with Crippen molar-refractivity contribution in [2.24, 2.45) is 11.7 Å². The summed E-state index contributed by atoms with van der Waals surface area (Å²) in [7, 11) is 0. The Morgan fingerprint density at radius 3 is 2.33 bits per heavy atom. The molecule has 240 valence electrons. The molecule has 3 aromatic carbocycles. The van der Waals surface area contributed by atoms with Gasteiger partial charge in [0, 0.05) is 12.1 Å². The molecule has 5 N–H and O–H groups in total. The Balaban J connectivity index is 1.53. The molecule has 0 bridgehead atoms. The summed E-state index contributed by atoms with van der Waals surface area (Å²) in [6.07, 6.45) is -0.301. The molecule has 2 heterocycles. The van der Waals surface area contributed by atoms with Gasteiger partial charge < -0.3 is 30.5 Å². The van der Waals surface area contributed by atoms with Crippen LogP contribution in [0.15, 0.2) is 72.8 Å². The molecule has 0 aliphatic carbocycles. The molecule has 2 unspecified atom stereocenters. The first-order valence-corrected chi connectivity index (χ1v) is 15.0. The number of benzene rings is 3. The van der Waals surface area contributed by atoms with E-state index in [2.05, 4.69) is 5.32 Å².